The summed E-state index contributed by atoms with van der Waals surface area (Å²) < 4.78 is 0. The number of amides is 1. The van der Waals surface area contributed by atoms with Crippen molar-refractivity contribution in [2.24, 2.45) is 0 Å². The third-order valence-electron chi connectivity index (χ3n) is 3.07. The lowest BCUT2D eigenvalue weighted by atomic mass is 9.94. The third-order valence-corrected chi connectivity index (χ3v) is 3.07. The molecule has 0 spiro atoms. The van der Waals surface area contributed by atoms with Crippen LogP contribution in [0.5, 0.6) is 0 Å². The summed E-state index contributed by atoms with van der Waals surface area (Å²) in [6.07, 6.45) is 5.77. The lowest BCUT2D eigenvalue weighted by Gasteiger charge is -2.31. The van der Waals surface area contributed by atoms with E-state index < -0.39 is 5.97 Å². The highest BCUT2D eigenvalue weighted by Gasteiger charge is 2.21. The molecule has 0 aromatic carbocycles. The predicted octanol–water partition coefficient (Wildman–Crippen LogP) is 0.452. The number of hydrogen-bond donors (Lipinski definition) is 2. The molecule has 0 aliphatic heterocycles. The number of carbonyl (C=O) groups is 2. The van der Waals surface area contributed by atoms with Crippen molar-refractivity contribution in [2.45, 2.75) is 38.1 Å². The van der Waals surface area contributed by atoms with Gasteiger partial charge in [-0.1, -0.05) is 19.3 Å². The van der Waals surface area contributed by atoms with E-state index in [9.17, 15) is 9.59 Å². The minimum atomic E-state index is -0.937. The Morgan fingerprint density at radius 1 is 1.25 bits per heavy atom. The van der Waals surface area contributed by atoms with Gasteiger partial charge < -0.3 is 10.0 Å². The molecule has 0 aromatic heterocycles. The molecule has 0 radical (unpaired) electrons. The van der Waals surface area contributed by atoms with Crippen molar-refractivity contribution in [1.82, 2.24) is 10.2 Å². The molecule has 1 fully saturated rings. The van der Waals surface area contributed by atoms with E-state index in [1.54, 1.807) is 11.9 Å². The van der Waals surface area contributed by atoms with Crippen LogP contribution in [0.15, 0.2) is 0 Å². The lowest BCUT2D eigenvalue weighted by Crippen LogP contribution is -2.43. The second kappa shape index (κ2) is 6.48. The number of carboxylic acid groups (broad SMARTS) is 1. The van der Waals surface area contributed by atoms with Gasteiger partial charge in [0.2, 0.25) is 5.91 Å². The first-order valence-corrected chi connectivity index (χ1v) is 5.79. The lowest BCUT2D eigenvalue weighted by molar-refractivity contribution is -0.136. The monoisotopic (exact) mass is 228 g/mol. The fraction of sp³-hybridized carbons (Fsp3) is 0.818. The number of carbonyl (C=O) groups excluding carboxylic acids is 1. The molecule has 0 bridgehead atoms. The largest absolute Gasteiger partial charge is 0.480 e. The molecule has 1 aliphatic carbocycles. The maximum Gasteiger partial charge on any atom is 0.317 e. The summed E-state index contributed by atoms with van der Waals surface area (Å²) in [7, 11) is 1.81. The fourth-order valence-electron chi connectivity index (χ4n) is 2.07. The standard InChI is InChI=1S/C11H20N2O3/c1-13(9-5-3-2-4-6-9)10(14)7-12-8-11(15)16/h9,12H,2-8H2,1H3,(H,15,16). The van der Waals surface area contributed by atoms with Crippen LogP contribution in [-0.2, 0) is 9.59 Å². The normalized spacial score (nSPS) is 17.1. The summed E-state index contributed by atoms with van der Waals surface area (Å²) in [5.41, 5.74) is 0. The highest BCUT2D eigenvalue weighted by Crippen LogP contribution is 2.21. The Labute approximate surface area is 95.8 Å². The minimum Gasteiger partial charge on any atom is -0.480 e. The van der Waals surface area contributed by atoms with Crippen LogP contribution in [0.4, 0.5) is 0 Å². The average Bonchev–Trinajstić information content (AvgIpc) is 2.28. The van der Waals surface area contributed by atoms with Gasteiger partial charge in [0.25, 0.3) is 0 Å². The fourth-order valence-corrected chi connectivity index (χ4v) is 2.07. The maximum absolute atomic E-state index is 11.7. The topological polar surface area (TPSA) is 69.6 Å². The molecule has 0 unspecified atom stereocenters. The van der Waals surface area contributed by atoms with E-state index in [2.05, 4.69) is 5.32 Å². The van der Waals surface area contributed by atoms with Gasteiger partial charge in [0.05, 0.1) is 13.1 Å². The zero-order valence-electron chi connectivity index (χ0n) is 9.74. The molecule has 2 N–H and O–H groups in total. The van der Waals surface area contributed by atoms with E-state index in [1.807, 2.05) is 0 Å². The van der Waals surface area contributed by atoms with Gasteiger partial charge in [-0.3, -0.25) is 14.9 Å². The van der Waals surface area contributed by atoms with Crippen molar-refractivity contribution in [3.63, 3.8) is 0 Å². The van der Waals surface area contributed by atoms with Crippen LogP contribution in [0.2, 0.25) is 0 Å². The van der Waals surface area contributed by atoms with Gasteiger partial charge in [0, 0.05) is 13.1 Å². The Hall–Kier alpha value is -1.10. The first-order valence-electron chi connectivity index (χ1n) is 5.79. The highest BCUT2D eigenvalue weighted by atomic mass is 16.4. The van der Waals surface area contributed by atoms with Gasteiger partial charge in [0.15, 0.2) is 0 Å². The molecule has 0 atom stereocenters. The summed E-state index contributed by atoms with van der Waals surface area (Å²) in [5, 5.41) is 11.0. The van der Waals surface area contributed by atoms with Crippen molar-refractivity contribution in [3.05, 3.63) is 0 Å². The number of nitrogens with zero attached hydrogens (tertiary/aromatic N) is 1. The van der Waals surface area contributed by atoms with E-state index in [4.69, 9.17) is 5.11 Å². The van der Waals surface area contributed by atoms with Gasteiger partial charge in [0.1, 0.15) is 0 Å². The van der Waals surface area contributed by atoms with Crippen molar-refractivity contribution >= 4 is 11.9 Å². The smallest absolute Gasteiger partial charge is 0.317 e. The van der Waals surface area contributed by atoms with E-state index in [0.29, 0.717) is 6.04 Å². The molecule has 1 saturated carbocycles. The summed E-state index contributed by atoms with van der Waals surface area (Å²) in [6.45, 7) is -0.0520. The second-order valence-corrected chi connectivity index (χ2v) is 4.29. The quantitative estimate of drug-likeness (QED) is 0.717. The predicted molar refractivity (Wildman–Crippen MR) is 60.1 cm³/mol. The molecule has 0 heterocycles. The van der Waals surface area contributed by atoms with Crippen LogP contribution in [0.25, 0.3) is 0 Å². The molecular weight excluding hydrogens is 208 g/mol. The van der Waals surface area contributed by atoms with Gasteiger partial charge in [-0.2, -0.15) is 0 Å². The average molecular weight is 228 g/mol. The number of nitrogens with one attached hydrogen (secondary N) is 1. The Kier molecular flexibility index (Phi) is 5.25. The number of carboxylic acids is 1. The zero-order chi connectivity index (χ0) is 12.0. The van der Waals surface area contributed by atoms with Crippen molar-refractivity contribution in [1.29, 1.82) is 0 Å². The molecule has 5 nitrogen and oxygen atoms in total. The maximum atomic E-state index is 11.7. The summed E-state index contributed by atoms with van der Waals surface area (Å²) in [4.78, 5) is 23.7. The van der Waals surface area contributed by atoms with Gasteiger partial charge in [-0.15, -0.1) is 0 Å². The summed E-state index contributed by atoms with van der Waals surface area (Å²) in [5.74, 6) is -0.957. The van der Waals surface area contributed by atoms with E-state index in [1.165, 1.54) is 19.3 Å². The number of likely N-dealkylation sites (N-methyl/N-ethyl adjacent to an activating group) is 1. The minimum absolute atomic E-state index is 0.0202. The van der Waals surface area contributed by atoms with Crippen LogP contribution in [0, 0.1) is 0 Å². The SMILES string of the molecule is CN(C(=O)CNCC(=O)O)C1CCCCC1. The summed E-state index contributed by atoms with van der Waals surface area (Å²) >= 11 is 0. The van der Waals surface area contributed by atoms with Crippen LogP contribution in [0.1, 0.15) is 32.1 Å². The second-order valence-electron chi connectivity index (χ2n) is 4.29. The van der Waals surface area contributed by atoms with Crippen molar-refractivity contribution < 1.29 is 14.7 Å². The number of hydrogen-bond acceptors (Lipinski definition) is 3. The molecule has 0 saturated heterocycles. The number of aliphatic carboxylic acids is 1. The van der Waals surface area contributed by atoms with Crippen LogP contribution in [0.3, 0.4) is 0 Å². The highest BCUT2D eigenvalue weighted by molar-refractivity contribution is 5.79. The molecular formula is C11H20N2O3. The molecule has 1 aliphatic rings. The van der Waals surface area contributed by atoms with Gasteiger partial charge in [-0.25, -0.2) is 0 Å². The first kappa shape index (κ1) is 13.0. The Bertz CT molecular complexity index is 250. The first-order chi connectivity index (χ1) is 7.61. The zero-order valence-corrected chi connectivity index (χ0v) is 9.74. The van der Waals surface area contributed by atoms with Crippen LogP contribution < -0.4 is 5.32 Å². The Morgan fingerprint density at radius 3 is 2.44 bits per heavy atom. The van der Waals surface area contributed by atoms with E-state index >= 15 is 0 Å². The molecule has 1 amide bonds. The number of rotatable bonds is 5. The molecule has 1 rings (SSSR count). The molecule has 0 aromatic rings. The Balaban J connectivity index is 2.26. The molecule has 16 heavy (non-hydrogen) atoms. The molecule has 5 heteroatoms. The van der Waals surface area contributed by atoms with Gasteiger partial charge in [-0.05, 0) is 12.8 Å². The van der Waals surface area contributed by atoms with Crippen molar-refractivity contribution in [2.75, 3.05) is 20.1 Å². The third kappa shape index (κ3) is 4.18. The van der Waals surface area contributed by atoms with E-state index in [-0.39, 0.29) is 19.0 Å². The molecule has 92 valence electrons. The van der Waals surface area contributed by atoms with E-state index in [0.717, 1.165) is 12.8 Å². The van der Waals surface area contributed by atoms with Crippen molar-refractivity contribution in [3.8, 4) is 0 Å². The van der Waals surface area contributed by atoms with Gasteiger partial charge >= 0.3 is 5.97 Å². The Morgan fingerprint density at radius 2 is 1.88 bits per heavy atom. The van der Waals surface area contributed by atoms with Crippen LogP contribution in [-0.4, -0.2) is 48.1 Å². The summed E-state index contributed by atoms with van der Waals surface area (Å²) in [6, 6.07) is 0.341. The van der Waals surface area contributed by atoms with Crippen LogP contribution >= 0.6 is 0 Å².